The number of anilines is 1. The Bertz CT molecular complexity index is 1230. The van der Waals surface area contributed by atoms with Gasteiger partial charge in [-0.25, -0.2) is 25.6 Å². The molecule has 0 spiro atoms. The third-order valence-electron chi connectivity index (χ3n) is 3.64. The van der Waals surface area contributed by atoms with E-state index in [1.54, 1.807) is 0 Å². The second-order valence-corrected chi connectivity index (χ2v) is 9.40. The van der Waals surface area contributed by atoms with E-state index in [-0.39, 0.29) is 10.7 Å². The van der Waals surface area contributed by atoms with E-state index < -0.39 is 36.4 Å². The number of sulfonamides is 1. The standard InChI is InChI=1S/C17H13F2N3O4S2/c1-27(23,24)17-9-7-15(20-21-17)11-2-5-13(6-3-11)22-28(25,26)16-8-4-12(18)10-14(16)19/h2-10,22H,1H3. The summed E-state index contributed by atoms with van der Waals surface area (Å²) in [5.41, 5.74) is 1.09. The van der Waals surface area contributed by atoms with Crippen LogP contribution in [0.15, 0.2) is 64.5 Å². The van der Waals surface area contributed by atoms with E-state index in [0.29, 0.717) is 17.3 Å². The molecule has 0 saturated carbocycles. The smallest absolute Gasteiger partial charge is 0.264 e. The van der Waals surface area contributed by atoms with Crippen LogP contribution in [0.2, 0.25) is 0 Å². The summed E-state index contributed by atoms with van der Waals surface area (Å²) in [7, 11) is -7.71. The Kier molecular flexibility index (Phi) is 5.13. The molecule has 146 valence electrons. The number of benzene rings is 2. The molecule has 1 N–H and O–H groups in total. The summed E-state index contributed by atoms with van der Waals surface area (Å²) >= 11 is 0. The zero-order valence-electron chi connectivity index (χ0n) is 14.3. The second-order valence-electron chi connectivity index (χ2n) is 5.79. The SMILES string of the molecule is CS(=O)(=O)c1ccc(-c2ccc(NS(=O)(=O)c3ccc(F)cc3F)cc2)nn1. The number of hydrogen-bond donors (Lipinski definition) is 1. The number of rotatable bonds is 5. The molecule has 0 radical (unpaired) electrons. The Balaban J connectivity index is 1.83. The zero-order valence-corrected chi connectivity index (χ0v) is 15.9. The Morgan fingerprint density at radius 3 is 2.07 bits per heavy atom. The molecule has 0 saturated heterocycles. The molecule has 0 bridgehead atoms. The summed E-state index contributed by atoms with van der Waals surface area (Å²) in [5, 5.41) is 7.31. The number of halogens is 2. The Hall–Kier alpha value is -2.92. The van der Waals surface area contributed by atoms with Crippen LogP contribution in [-0.2, 0) is 19.9 Å². The molecule has 0 fully saturated rings. The van der Waals surface area contributed by atoms with Crippen LogP contribution in [0.1, 0.15) is 0 Å². The molecule has 11 heteroatoms. The van der Waals surface area contributed by atoms with Gasteiger partial charge in [0, 0.05) is 23.6 Å². The number of nitrogens with one attached hydrogen (secondary N) is 1. The zero-order chi connectivity index (χ0) is 20.5. The minimum absolute atomic E-state index is 0.146. The summed E-state index contributed by atoms with van der Waals surface area (Å²) in [6.45, 7) is 0. The van der Waals surface area contributed by atoms with Crippen molar-refractivity contribution >= 4 is 25.5 Å². The van der Waals surface area contributed by atoms with Gasteiger partial charge in [-0.15, -0.1) is 10.2 Å². The van der Waals surface area contributed by atoms with Crippen LogP contribution < -0.4 is 4.72 Å². The first-order valence-electron chi connectivity index (χ1n) is 7.68. The van der Waals surface area contributed by atoms with E-state index in [9.17, 15) is 25.6 Å². The molecule has 0 atom stereocenters. The first-order chi connectivity index (χ1) is 13.1. The van der Waals surface area contributed by atoms with Crippen LogP contribution >= 0.6 is 0 Å². The summed E-state index contributed by atoms with van der Waals surface area (Å²) in [6, 6.07) is 10.8. The molecule has 7 nitrogen and oxygen atoms in total. The summed E-state index contributed by atoms with van der Waals surface area (Å²) < 4.78 is 76.2. The van der Waals surface area contributed by atoms with Crippen LogP contribution in [0, 0.1) is 11.6 Å². The highest BCUT2D eigenvalue weighted by Gasteiger charge is 2.19. The van der Waals surface area contributed by atoms with Gasteiger partial charge in [-0.05, 0) is 36.4 Å². The van der Waals surface area contributed by atoms with Crippen molar-refractivity contribution in [3.63, 3.8) is 0 Å². The molecule has 1 aromatic heterocycles. The third-order valence-corrected chi connectivity index (χ3v) is 6.03. The van der Waals surface area contributed by atoms with E-state index in [0.717, 1.165) is 18.4 Å². The molecule has 0 aliphatic carbocycles. The lowest BCUT2D eigenvalue weighted by Crippen LogP contribution is -2.14. The van der Waals surface area contributed by atoms with Gasteiger partial charge in [0.15, 0.2) is 14.9 Å². The fourth-order valence-corrected chi connectivity index (χ4v) is 3.91. The predicted octanol–water partition coefficient (Wildman–Crippen LogP) is 2.63. The van der Waals surface area contributed by atoms with E-state index >= 15 is 0 Å². The molecular formula is C17H13F2N3O4S2. The van der Waals surface area contributed by atoms with Gasteiger partial charge in [0.05, 0.1) is 5.69 Å². The number of hydrogen-bond acceptors (Lipinski definition) is 6. The molecule has 28 heavy (non-hydrogen) atoms. The van der Waals surface area contributed by atoms with Crippen LogP contribution in [0.3, 0.4) is 0 Å². The molecule has 2 aromatic carbocycles. The fourth-order valence-electron chi connectivity index (χ4n) is 2.28. The van der Waals surface area contributed by atoms with Crippen LogP contribution in [0.25, 0.3) is 11.3 Å². The lowest BCUT2D eigenvalue weighted by Gasteiger charge is -2.09. The Labute approximate surface area is 160 Å². The number of nitrogens with zero attached hydrogens (tertiary/aromatic N) is 2. The van der Waals surface area contributed by atoms with Gasteiger partial charge >= 0.3 is 0 Å². The summed E-state index contributed by atoms with van der Waals surface area (Å²) in [5.74, 6) is -2.09. The molecule has 0 aliphatic rings. The Morgan fingerprint density at radius 2 is 1.54 bits per heavy atom. The molecule has 1 heterocycles. The van der Waals surface area contributed by atoms with Crippen molar-refractivity contribution in [3.05, 3.63) is 66.2 Å². The topological polar surface area (TPSA) is 106 Å². The van der Waals surface area contributed by atoms with Gasteiger partial charge in [0.25, 0.3) is 10.0 Å². The third kappa shape index (κ3) is 4.31. The first kappa shape index (κ1) is 19.8. The number of sulfone groups is 1. The normalized spacial score (nSPS) is 12.0. The largest absolute Gasteiger partial charge is 0.280 e. The van der Waals surface area contributed by atoms with Crippen molar-refractivity contribution in [2.45, 2.75) is 9.92 Å². The van der Waals surface area contributed by atoms with Crippen LogP contribution in [0.4, 0.5) is 14.5 Å². The minimum atomic E-state index is -4.25. The van der Waals surface area contributed by atoms with Crippen molar-refractivity contribution in [2.75, 3.05) is 11.0 Å². The van der Waals surface area contributed by atoms with Crippen molar-refractivity contribution in [3.8, 4) is 11.3 Å². The average Bonchev–Trinajstić information content (AvgIpc) is 2.61. The maximum absolute atomic E-state index is 13.7. The highest BCUT2D eigenvalue weighted by Crippen LogP contribution is 2.23. The second kappa shape index (κ2) is 7.24. The van der Waals surface area contributed by atoms with Crippen molar-refractivity contribution in [1.82, 2.24) is 10.2 Å². The summed E-state index contributed by atoms with van der Waals surface area (Å²) in [6.07, 6.45) is 1.02. The molecule has 0 amide bonds. The maximum Gasteiger partial charge on any atom is 0.264 e. The first-order valence-corrected chi connectivity index (χ1v) is 11.1. The highest BCUT2D eigenvalue weighted by molar-refractivity contribution is 7.92. The quantitative estimate of drug-likeness (QED) is 0.674. The van der Waals surface area contributed by atoms with Gasteiger partial charge in [-0.3, -0.25) is 4.72 Å². The van der Waals surface area contributed by atoms with Gasteiger partial charge < -0.3 is 0 Å². The lowest BCUT2D eigenvalue weighted by molar-refractivity contribution is 0.551. The van der Waals surface area contributed by atoms with Gasteiger partial charge in [0.2, 0.25) is 0 Å². The van der Waals surface area contributed by atoms with Crippen molar-refractivity contribution < 1.29 is 25.6 Å². The Morgan fingerprint density at radius 1 is 0.857 bits per heavy atom. The van der Waals surface area contributed by atoms with Gasteiger partial charge in [-0.2, -0.15) is 0 Å². The highest BCUT2D eigenvalue weighted by atomic mass is 32.2. The monoisotopic (exact) mass is 425 g/mol. The maximum atomic E-state index is 13.7. The minimum Gasteiger partial charge on any atom is -0.280 e. The van der Waals surface area contributed by atoms with Gasteiger partial charge in [-0.1, -0.05) is 12.1 Å². The van der Waals surface area contributed by atoms with Gasteiger partial charge in [0.1, 0.15) is 16.5 Å². The van der Waals surface area contributed by atoms with E-state index in [2.05, 4.69) is 14.9 Å². The molecule has 3 aromatic rings. The molecular weight excluding hydrogens is 412 g/mol. The number of aromatic nitrogens is 2. The lowest BCUT2D eigenvalue weighted by atomic mass is 10.1. The molecule has 0 aliphatic heterocycles. The fraction of sp³-hybridized carbons (Fsp3) is 0.0588. The van der Waals surface area contributed by atoms with E-state index in [4.69, 9.17) is 0 Å². The predicted molar refractivity (Wildman–Crippen MR) is 97.7 cm³/mol. The molecule has 0 unspecified atom stereocenters. The summed E-state index contributed by atoms with van der Waals surface area (Å²) in [4.78, 5) is -0.680. The van der Waals surface area contributed by atoms with E-state index in [1.807, 2.05) is 0 Å². The van der Waals surface area contributed by atoms with Crippen LogP contribution in [-0.4, -0.2) is 33.3 Å². The van der Waals surface area contributed by atoms with Crippen molar-refractivity contribution in [2.24, 2.45) is 0 Å². The molecule has 3 rings (SSSR count). The van der Waals surface area contributed by atoms with Crippen molar-refractivity contribution in [1.29, 1.82) is 0 Å². The average molecular weight is 425 g/mol. The van der Waals surface area contributed by atoms with Crippen LogP contribution in [0.5, 0.6) is 0 Å². The van der Waals surface area contributed by atoms with E-state index in [1.165, 1.54) is 36.4 Å².